The first-order valence-corrected chi connectivity index (χ1v) is 3.09. The fraction of sp³-hybridized carbons (Fsp3) is 0.429. The number of carboxylic acid groups (broad SMARTS) is 1. The first-order chi connectivity index (χ1) is 4.95. The van der Waals surface area contributed by atoms with Gasteiger partial charge in [-0.3, -0.25) is 9.59 Å². The Labute approximate surface area is 64.7 Å². The molecule has 0 fully saturated rings. The summed E-state index contributed by atoms with van der Waals surface area (Å²) in [6.45, 7) is 4.62. The summed E-state index contributed by atoms with van der Waals surface area (Å²) in [5.41, 5.74) is 3.38. The molecule has 0 spiro atoms. The van der Waals surface area contributed by atoms with Crippen LogP contribution in [0.1, 0.15) is 13.3 Å². The lowest BCUT2D eigenvalue weighted by Gasteiger charge is -2.17. The van der Waals surface area contributed by atoms with E-state index in [1.165, 1.54) is 13.0 Å². The first-order valence-electron chi connectivity index (χ1n) is 3.09. The van der Waals surface area contributed by atoms with Crippen LogP contribution in [0.25, 0.3) is 0 Å². The molecule has 0 saturated carbocycles. The molecule has 0 aromatic rings. The smallest absolute Gasteiger partial charge is 0.319 e. The summed E-state index contributed by atoms with van der Waals surface area (Å²) >= 11 is 0. The molecule has 0 bridgehead atoms. The molecule has 0 aliphatic rings. The van der Waals surface area contributed by atoms with Gasteiger partial charge in [-0.2, -0.15) is 0 Å². The van der Waals surface area contributed by atoms with Crippen LogP contribution < -0.4 is 5.73 Å². The number of hydrogen-bond donors (Lipinski definition) is 2. The van der Waals surface area contributed by atoms with Gasteiger partial charge in [0.15, 0.2) is 0 Å². The molecular weight excluding hydrogens is 146 g/mol. The van der Waals surface area contributed by atoms with Gasteiger partial charge in [0.25, 0.3) is 0 Å². The number of primary amides is 1. The van der Waals surface area contributed by atoms with Crippen LogP contribution in [0, 0.1) is 5.41 Å². The average Bonchev–Trinajstić information content (AvgIpc) is 1.87. The van der Waals surface area contributed by atoms with Crippen LogP contribution in [0.2, 0.25) is 0 Å². The van der Waals surface area contributed by atoms with Crippen molar-refractivity contribution in [2.45, 2.75) is 13.3 Å². The molecule has 0 radical (unpaired) electrons. The highest BCUT2D eigenvalue weighted by Crippen LogP contribution is 2.20. The zero-order valence-corrected chi connectivity index (χ0v) is 6.33. The SMILES string of the molecule is C=CCC(C)(C(N)=O)C(=O)O. The number of allylic oxidation sites excluding steroid dienone is 1. The van der Waals surface area contributed by atoms with E-state index < -0.39 is 17.3 Å². The number of carbonyl (C=O) groups is 2. The van der Waals surface area contributed by atoms with Gasteiger partial charge in [0, 0.05) is 0 Å². The number of rotatable bonds is 4. The van der Waals surface area contributed by atoms with Crippen molar-refractivity contribution in [1.82, 2.24) is 0 Å². The van der Waals surface area contributed by atoms with Crippen LogP contribution >= 0.6 is 0 Å². The number of carbonyl (C=O) groups excluding carboxylic acids is 1. The summed E-state index contributed by atoms with van der Waals surface area (Å²) in [6, 6.07) is 0. The van der Waals surface area contributed by atoms with Crippen molar-refractivity contribution in [3.8, 4) is 0 Å². The zero-order valence-electron chi connectivity index (χ0n) is 6.33. The van der Waals surface area contributed by atoms with E-state index in [1.807, 2.05) is 0 Å². The van der Waals surface area contributed by atoms with Crippen molar-refractivity contribution in [3.05, 3.63) is 12.7 Å². The summed E-state index contributed by atoms with van der Waals surface area (Å²) in [5, 5.41) is 8.59. The second-order valence-electron chi connectivity index (χ2n) is 2.49. The van der Waals surface area contributed by atoms with Gasteiger partial charge in [0.2, 0.25) is 5.91 Å². The molecule has 0 heterocycles. The molecule has 0 aliphatic carbocycles. The summed E-state index contributed by atoms with van der Waals surface area (Å²) in [6.07, 6.45) is 1.41. The normalized spacial score (nSPS) is 15.0. The lowest BCUT2D eigenvalue weighted by Crippen LogP contribution is -2.40. The number of carboxylic acids is 1. The molecule has 11 heavy (non-hydrogen) atoms. The minimum absolute atomic E-state index is 0.0532. The minimum atomic E-state index is -1.51. The quantitative estimate of drug-likeness (QED) is 0.450. The molecule has 0 aromatic heterocycles. The standard InChI is InChI=1S/C7H11NO3/c1-3-4-7(2,5(8)9)6(10)11/h3H,1,4H2,2H3,(H2,8,9)(H,10,11). The van der Waals surface area contributed by atoms with Gasteiger partial charge in [-0.25, -0.2) is 0 Å². The van der Waals surface area contributed by atoms with E-state index in [-0.39, 0.29) is 6.42 Å². The Kier molecular flexibility index (Phi) is 2.80. The van der Waals surface area contributed by atoms with Crippen molar-refractivity contribution < 1.29 is 14.7 Å². The summed E-state index contributed by atoms with van der Waals surface area (Å²) < 4.78 is 0. The fourth-order valence-electron chi connectivity index (χ4n) is 0.582. The Bertz CT molecular complexity index is 184. The molecule has 0 aromatic carbocycles. The molecule has 0 rings (SSSR count). The Balaban J connectivity index is 4.65. The van der Waals surface area contributed by atoms with Gasteiger partial charge in [0.1, 0.15) is 5.41 Å². The van der Waals surface area contributed by atoms with E-state index in [0.29, 0.717) is 0 Å². The van der Waals surface area contributed by atoms with Crippen LogP contribution in [0.3, 0.4) is 0 Å². The van der Waals surface area contributed by atoms with Gasteiger partial charge in [0.05, 0.1) is 0 Å². The molecule has 3 N–H and O–H groups in total. The van der Waals surface area contributed by atoms with Crippen LogP contribution in [-0.4, -0.2) is 17.0 Å². The molecule has 62 valence electrons. The number of amides is 1. The second-order valence-corrected chi connectivity index (χ2v) is 2.49. The van der Waals surface area contributed by atoms with Crippen molar-refractivity contribution in [2.24, 2.45) is 11.1 Å². The van der Waals surface area contributed by atoms with E-state index in [9.17, 15) is 9.59 Å². The van der Waals surface area contributed by atoms with E-state index >= 15 is 0 Å². The van der Waals surface area contributed by atoms with Crippen LogP contribution in [-0.2, 0) is 9.59 Å². The summed E-state index contributed by atoms with van der Waals surface area (Å²) in [5.74, 6) is -2.06. The zero-order chi connectivity index (χ0) is 9.07. The van der Waals surface area contributed by atoms with Crippen molar-refractivity contribution in [3.63, 3.8) is 0 Å². The number of aliphatic carboxylic acids is 1. The van der Waals surface area contributed by atoms with Crippen molar-refractivity contribution >= 4 is 11.9 Å². The monoisotopic (exact) mass is 157 g/mol. The highest BCUT2D eigenvalue weighted by Gasteiger charge is 2.38. The van der Waals surface area contributed by atoms with Crippen LogP contribution in [0.4, 0.5) is 0 Å². The number of nitrogens with two attached hydrogens (primary N) is 1. The molecule has 4 heteroatoms. The lowest BCUT2D eigenvalue weighted by molar-refractivity contribution is -0.153. The van der Waals surface area contributed by atoms with E-state index in [0.717, 1.165) is 0 Å². The highest BCUT2D eigenvalue weighted by atomic mass is 16.4. The maximum absolute atomic E-state index is 10.6. The molecule has 1 atom stereocenters. The van der Waals surface area contributed by atoms with Gasteiger partial charge < -0.3 is 10.8 Å². The van der Waals surface area contributed by atoms with Crippen LogP contribution in [0.15, 0.2) is 12.7 Å². The third-order valence-electron chi connectivity index (χ3n) is 1.57. The van der Waals surface area contributed by atoms with Gasteiger partial charge >= 0.3 is 5.97 Å². The third kappa shape index (κ3) is 1.80. The molecule has 4 nitrogen and oxygen atoms in total. The van der Waals surface area contributed by atoms with E-state index in [4.69, 9.17) is 10.8 Å². The Morgan fingerprint density at radius 1 is 1.73 bits per heavy atom. The average molecular weight is 157 g/mol. The predicted octanol–water partition coefficient (Wildman–Crippen LogP) is 0.139. The van der Waals surface area contributed by atoms with E-state index in [1.54, 1.807) is 0 Å². The van der Waals surface area contributed by atoms with Crippen molar-refractivity contribution in [2.75, 3.05) is 0 Å². The Morgan fingerprint density at radius 3 is 2.27 bits per heavy atom. The molecule has 1 amide bonds. The van der Waals surface area contributed by atoms with Crippen molar-refractivity contribution in [1.29, 1.82) is 0 Å². The maximum Gasteiger partial charge on any atom is 0.319 e. The lowest BCUT2D eigenvalue weighted by atomic mass is 9.86. The molecule has 0 saturated heterocycles. The topological polar surface area (TPSA) is 80.4 Å². The second kappa shape index (κ2) is 3.18. The highest BCUT2D eigenvalue weighted by molar-refractivity contribution is 6.00. The largest absolute Gasteiger partial charge is 0.480 e. The van der Waals surface area contributed by atoms with Crippen LogP contribution in [0.5, 0.6) is 0 Å². The fourth-order valence-corrected chi connectivity index (χ4v) is 0.582. The first kappa shape index (κ1) is 9.68. The Hall–Kier alpha value is -1.32. The molecule has 1 unspecified atom stereocenters. The third-order valence-corrected chi connectivity index (χ3v) is 1.57. The Morgan fingerprint density at radius 2 is 2.18 bits per heavy atom. The minimum Gasteiger partial charge on any atom is -0.480 e. The predicted molar refractivity (Wildman–Crippen MR) is 39.8 cm³/mol. The summed E-state index contributed by atoms with van der Waals surface area (Å²) in [7, 11) is 0. The summed E-state index contributed by atoms with van der Waals surface area (Å²) in [4.78, 5) is 21.2. The molecule has 0 aliphatic heterocycles. The van der Waals surface area contributed by atoms with Gasteiger partial charge in [-0.15, -0.1) is 6.58 Å². The van der Waals surface area contributed by atoms with Gasteiger partial charge in [-0.05, 0) is 13.3 Å². The van der Waals surface area contributed by atoms with Gasteiger partial charge in [-0.1, -0.05) is 6.08 Å². The molecular formula is C7H11NO3. The number of hydrogen-bond acceptors (Lipinski definition) is 2. The van der Waals surface area contributed by atoms with E-state index in [2.05, 4.69) is 6.58 Å². The maximum atomic E-state index is 10.6.